The van der Waals surface area contributed by atoms with Gasteiger partial charge in [0, 0.05) is 12.6 Å². The van der Waals surface area contributed by atoms with Crippen LogP contribution in [0.15, 0.2) is 43.0 Å². The van der Waals surface area contributed by atoms with Gasteiger partial charge in [0.15, 0.2) is 0 Å². The van der Waals surface area contributed by atoms with Gasteiger partial charge in [0.05, 0.1) is 6.61 Å². The number of fused-ring (bicyclic) bond motifs is 1. The third kappa shape index (κ3) is 3.39. The highest BCUT2D eigenvalue weighted by Crippen LogP contribution is 2.57. The number of esters is 1. The quantitative estimate of drug-likeness (QED) is 0.455. The van der Waals surface area contributed by atoms with E-state index in [1.165, 1.54) is 0 Å². The first kappa shape index (κ1) is 15.3. The maximum atomic E-state index is 12.2. The summed E-state index contributed by atoms with van der Waals surface area (Å²) in [5.41, 5.74) is 1.27. The number of piperidine rings is 1. The zero-order valence-electron chi connectivity index (χ0n) is 12.8. The Hall–Kier alpha value is -1.65. The van der Waals surface area contributed by atoms with Crippen LogP contribution in [-0.4, -0.2) is 31.3 Å². The Balaban J connectivity index is 1.43. The molecule has 118 valence electrons. The number of hydrogen-bond acceptors (Lipinski definition) is 4. The van der Waals surface area contributed by atoms with Crippen LogP contribution in [0, 0.1) is 5.41 Å². The normalized spacial score (nSPS) is 28.9. The highest BCUT2D eigenvalue weighted by atomic mass is 16.5. The van der Waals surface area contributed by atoms with E-state index < -0.39 is 0 Å². The Morgan fingerprint density at radius 2 is 2.18 bits per heavy atom. The average Bonchev–Trinajstić information content (AvgIpc) is 3.10. The van der Waals surface area contributed by atoms with E-state index in [9.17, 15) is 4.79 Å². The van der Waals surface area contributed by atoms with Crippen LogP contribution in [-0.2, 0) is 20.9 Å². The van der Waals surface area contributed by atoms with Gasteiger partial charge in [-0.05, 0) is 30.2 Å². The van der Waals surface area contributed by atoms with Crippen LogP contribution < -0.4 is 5.32 Å². The van der Waals surface area contributed by atoms with Gasteiger partial charge in [-0.3, -0.25) is 4.79 Å². The van der Waals surface area contributed by atoms with Crippen LogP contribution in [0.1, 0.15) is 24.8 Å². The largest absolute Gasteiger partial charge is 0.460 e. The summed E-state index contributed by atoms with van der Waals surface area (Å²) in [7, 11) is 0. The molecule has 4 nitrogen and oxygen atoms in total. The second-order valence-corrected chi connectivity index (χ2v) is 6.25. The molecule has 1 saturated carbocycles. The summed E-state index contributed by atoms with van der Waals surface area (Å²) in [4.78, 5) is 12.2. The number of carbonyl (C=O) groups excluding carboxylic acids is 1. The molecule has 1 saturated heterocycles. The molecule has 0 spiro atoms. The fraction of sp³-hybridized carbons (Fsp3) is 0.500. The molecule has 1 heterocycles. The Labute approximate surface area is 131 Å². The lowest BCUT2D eigenvalue weighted by Gasteiger charge is -2.15. The highest BCUT2D eigenvalue weighted by molar-refractivity contribution is 5.77. The molecule has 1 aliphatic heterocycles. The van der Waals surface area contributed by atoms with Crippen molar-refractivity contribution in [2.24, 2.45) is 5.41 Å². The van der Waals surface area contributed by atoms with Gasteiger partial charge in [0.2, 0.25) is 0 Å². The SMILES string of the molecule is C=CCOCC[C@@]12C[C@@H](C(=O)OCc3ccccc3)N[C@H]1C2. The Bertz CT molecular complexity index is 530. The molecule has 0 radical (unpaired) electrons. The van der Waals surface area contributed by atoms with Gasteiger partial charge in [0.25, 0.3) is 0 Å². The van der Waals surface area contributed by atoms with Crippen LogP contribution in [0.2, 0.25) is 0 Å². The minimum Gasteiger partial charge on any atom is -0.460 e. The summed E-state index contributed by atoms with van der Waals surface area (Å²) in [6.07, 6.45) is 4.77. The highest BCUT2D eigenvalue weighted by Gasteiger charge is 2.61. The third-order valence-electron chi connectivity index (χ3n) is 4.69. The molecule has 0 bridgehead atoms. The van der Waals surface area contributed by atoms with Crippen molar-refractivity contribution in [3.63, 3.8) is 0 Å². The molecule has 0 amide bonds. The molecule has 0 aromatic heterocycles. The van der Waals surface area contributed by atoms with E-state index >= 15 is 0 Å². The lowest BCUT2D eigenvalue weighted by molar-refractivity contribution is -0.147. The summed E-state index contributed by atoms with van der Waals surface area (Å²) in [5.74, 6) is -0.137. The fourth-order valence-corrected chi connectivity index (χ4v) is 3.32. The smallest absolute Gasteiger partial charge is 0.323 e. The summed E-state index contributed by atoms with van der Waals surface area (Å²) in [6.45, 7) is 5.31. The van der Waals surface area contributed by atoms with Gasteiger partial charge in [-0.25, -0.2) is 0 Å². The van der Waals surface area contributed by atoms with Crippen molar-refractivity contribution < 1.29 is 14.3 Å². The van der Waals surface area contributed by atoms with Crippen molar-refractivity contribution >= 4 is 5.97 Å². The lowest BCUT2D eigenvalue weighted by atomic mass is 9.96. The van der Waals surface area contributed by atoms with Crippen molar-refractivity contribution in [3.8, 4) is 0 Å². The second-order valence-electron chi connectivity index (χ2n) is 6.25. The van der Waals surface area contributed by atoms with Crippen molar-refractivity contribution in [1.29, 1.82) is 0 Å². The predicted molar refractivity (Wildman–Crippen MR) is 84.2 cm³/mol. The summed E-state index contributed by atoms with van der Waals surface area (Å²) < 4.78 is 10.9. The molecule has 0 unspecified atom stereocenters. The number of rotatable bonds is 8. The minimum atomic E-state index is -0.165. The van der Waals surface area contributed by atoms with Crippen molar-refractivity contribution in [2.45, 2.75) is 38.0 Å². The first-order chi connectivity index (χ1) is 10.7. The molecule has 1 aromatic carbocycles. The Morgan fingerprint density at radius 3 is 2.95 bits per heavy atom. The topological polar surface area (TPSA) is 47.6 Å². The molecule has 3 rings (SSSR count). The molecule has 1 N–H and O–H groups in total. The van der Waals surface area contributed by atoms with Gasteiger partial charge in [-0.2, -0.15) is 0 Å². The molecule has 1 aliphatic carbocycles. The maximum absolute atomic E-state index is 12.2. The zero-order chi connectivity index (χ0) is 15.4. The van der Waals surface area contributed by atoms with E-state index in [2.05, 4.69) is 11.9 Å². The molecular weight excluding hydrogens is 278 g/mol. The molecule has 2 aliphatic rings. The van der Waals surface area contributed by atoms with Crippen LogP contribution >= 0.6 is 0 Å². The van der Waals surface area contributed by atoms with Gasteiger partial charge >= 0.3 is 5.97 Å². The van der Waals surface area contributed by atoms with Gasteiger partial charge in [-0.1, -0.05) is 36.4 Å². The minimum absolute atomic E-state index is 0.137. The van der Waals surface area contributed by atoms with Crippen molar-refractivity contribution in [1.82, 2.24) is 5.32 Å². The van der Waals surface area contributed by atoms with E-state index in [-0.39, 0.29) is 17.4 Å². The predicted octanol–water partition coefficient (Wildman–Crippen LogP) is 2.44. The number of benzene rings is 1. The maximum Gasteiger partial charge on any atom is 0.323 e. The van der Waals surface area contributed by atoms with E-state index in [1.807, 2.05) is 30.3 Å². The first-order valence-corrected chi connectivity index (χ1v) is 7.89. The van der Waals surface area contributed by atoms with Gasteiger partial charge in [-0.15, -0.1) is 6.58 Å². The molecular formula is C18H23NO3. The van der Waals surface area contributed by atoms with Crippen molar-refractivity contribution in [2.75, 3.05) is 13.2 Å². The number of ether oxygens (including phenoxy) is 2. The number of carbonyl (C=O) groups is 1. The van der Waals surface area contributed by atoms with E-state index in [0.717, 1.165) is 31.4 Å². The number of hydrogen-bond donors (Lipinski definition) is 1. The summed E-state index contributed by atoms with van der Waals surface area (Å²) in [6, 6.07) is 10.1. The lowest BCUT2D eigenvalue weighted by Crippen LogP contribution is -2.35. The molecule has 3 atom stereocenters. The Morgan fingerprint density at radius 1 is 1.36 bits per heavy atom. The van der Waals surface area contributed by atoms with Crippen LogP contribution in [0.3, 0.4) is 0 Å². The van der Waals surface area contributed by atoms with Gasteiger partial charge < -0.3 is 14.8 Å². The first-order valence-electron chi connectivity index (χ1n) is 7.89. The zero-order valence-corrected chi connectivity index (χ0v) is 12.8. The second kappa shape index (κ2) is 6.63. The Kier molecular flexibility index (Phi) is 4.60. The molecule has 2 fully saturated rings. The van der Waals surface area contributed by atoms with Crippen LogP contribution in [0.25, 0.3) is 0 Å². The van der Waals surface area contributed by atoms with Crippen LogP contribution in [0.5, 0.6) is 0 Å². The average molecular weight is 301 g/mol. The number of nitrogens with one attached hydrogen (secondary N) is 1. The standard InChI is InChI=1S/C18H23NO3/c1-2-9-21-10-8-18-11-15(19-16(18)12-18)17(20)22-13-14-6-4-3-5-7-14/h2-7,15-16,19H,1,8-13H2/t15-,16-,18-/m0/s1. The molecule has 22 heavy (non-hydrogen) atoms. The molecule has 4 heteroatoms. The third-order valence-corrected chi connectivity index (χ3v) is 4.69. The van der Waals surface area contributed by atoms with E-state index in [1.54, 1.807) is 6.08 Å². The molecule has 1 aromatic rings. The van der Waals surface area contributed by atoms with Crippen molar-refractivity contribution in [3.05, 3.63) is 48.6 Å². The van der Waals surface area contributed by atoms with E-state index in [4.69, 9.17) is 9.47 Å². The fourth-order valence-electron chi connectivity index (χ4n) is 3.32. The summed E-state index contributed by atoms with van der Waals surface area (Å²) >= 11 is 0. The monoisotopic (exact) mass is 301 g/mol. The van der Waals surface area contributed by atoms with Gasteiger partial charge in [0.1, 0.15) is 12.6 Å². The van der Waals surface area contributed by atoms with Crippen LogP contribution in [0.4, 0.5) is 0 Å². The summed E-state index contributed by atoms with van der Waals surface area (Å²) in [5, 5.41) is 3.40. The van der Waals surface area contributed by atoms with E-state index in [0.29, 0.717) is 19.3 Å².